The van der Waals surface area contributed by atoms with Crippen molar-refractivity contribution in [3.05, 3.63) is 18.0 Å². The lowest BCUT2D eigenvalue weighted by Gasteiger charge is -2.15. The largest absolute Gasteiger partial charge is 0.313 e. The van der Waals surface area contributed by atoms with E-state index in [0.717, 1.165) is 25.7 Å². The summed E-state index contributed by atoms with van der Waals surface area (Å²) in [4.78, 5) is 2.33. The van der Waals surface area contributed by atoms with Gasteiger partial charge in [-0.1, -0.05) is 0 Å². The van der Waals surface area contributed by atoms with Gasteiger partial charge in [-0.3, -0.25) is 4.68 Å². The second-order valence-electron chi connectivity index (χ2n) is 4.49. The molecule has 2 rings (SSSR count). The van der Waals surface area contributed by atoms with Crippen LogP contribution in [-0.4, -0.2) is 40.9 Å². The van der Waals surface area contributed by atoms with Gasteiger partial charge in [-0.2, -0.15) is 5.10 Å². The molecule has 0 radical (unpaired) electrons. The van der Waals surface area contributed by atoms with E-state index in [1.54, 1.807) is 0 Å². The van der Waals surface area contributed by atoms with Crippen molar-refractivity contribution in [3.8, 4) is 0 Å². The standard InChI is InChI=1S/C11H20N4/c1-14(6-5-12-11-3-4-11)8-10-7-13-15(2)9-10/h7,9,11-12H,3-6,8H2,1-2H3. The van der Waals surface area contributed by atoms with Crippen LogP contribution in [0.4, 0.5) is 0 Å². The number of aryl methyl sites for hydroxylation is 1. The smallest absolute Gasteiger partial charge is 0.0534 e. The minimum Gasteiger partial charge on any atom is -0.313 e. The molecule has 1 aliphatic rings. The maximum absolute atomic E-state index is 4.16. The number of hydrogen-bond acceptors (Lipinski definition) is 3. The Morgan fingerprint density at radius 1 is 1.60 bits per heavy atom. The third-order valence-electron chi connectivity index (χ3n) is 2.71. The zero-order chi connectivity index (χ0) is 10.7. The molecule has 4 heteroatoms. The normalized spacial score (nSPS) is 16.2. The zero-order valence-electron chi connectivity index (χ0n) is 9.61. The van der Waals surface area contributed by atoms with E-state index in [4.69, 9.17) is 0 Å². The number of aromatic nitrogens is 2. The summed E-state index contributed by atoms with van der Waals surface area (Å²) < 4.78 is 1.85. The minimum atomic E-state index is 0.816. The van der Waals surface area contributed by atoms with Crippen molar-refractivity contribution in [3.63, 3.8) is 0 Å². The summed E-state index contributed by atoms with van der Waals surface area (Å²) in [5.74, 6) is 0. The maximum atomic E-state index is 4.16. The monoisotopic (exact) mass is 208 g/mol. The summed E-state index contributed by atoms with van der Waals surface area (Å²) in [5.41, 5.74) is 1.28. The Morgan fingerprint density at radius 2 is 2.40 bits per heavy atom. The summed E-state index contributed by atoms with van der Waals surface area (Å²) in [6.45, 7) is 3.19. The number of hydrogen-bond donors (Lipinski definition) is 1. The van der Waals surface area contributed by atoms with Crippen molar-refractivity contribution < 1.29 is 0 Å². The molecule has 1 aromatic rings. The second kappa shape index (κ2) is 4.77. The van der Waals surface area contributed by atoms with Crippen molar-refractivity contribution in [2.45, 2.75) is 25.4 Å². The minimum absolute atomic E-state index is 0.816. The number of nitrogens with zero attached hydrogens (tertiary/aromatic N) is 3. The van der Waals surface area contributed by atoms with Gasteiger partial charge in [0.05, 0.1) is 6.20 Å². The summed E-state index contributed by atoms with van der Waals surface area (Å²) in [6.07, 6.45) is 6.74. The number of likely N-dealkylation sites (N-methyl/N-ethyl adjacent to an activating group) is 1. The first kappa shape index (κ1) is 10.6. The average Bonchev–Trinajstić information content (AvgIpc) is 2.91. The van der Waals surface area contributed by atoms with Crippen LogP contribution in [0.3, 0.4) is 0 Å². The molecule has 1 fully saturated rings. The lowest BCUT2D eigenvalue weighted by atomic mass is 10.3. The molecule has 1 aromatic heterocycles. The Hall–Kier alpha value is -0.870. The fourth-order valence-electron chi connectivity index (χ4n) is 1.69. The van der Waals surface area contributed by atoms with E-state index < -0.39 is 0 Å². The van der Waals surface area contributed by atoms with Crippen LogP contribution in [0.25, 0.3) is 0 Å². The quantitative estimate of drug-likeness (QED) is 0.743. The first-order valence-corrected chi connectivity index (χ1v) is 5.63. The zero-order valence-corrected chi connectivity index (χ0v) is 9.61. The van der Waals surface area contributed by atoms with Crippen LogP contribution < -0.4 is 5.32 Å². The molecule has 1 aliphatic carbocycles. The van der Waals surface area contributed by atoms with Gasteiger partial charge in [0.15, 0.2) is 0 Å². The average molecular weight is 208 g/mol. The lowest BCUT2D eigenvalue weighted by Crippen LogP contribution is -2.29. The molecule has 0 amide bonds. The van der Waals surface area contributed by atoms with Crippen molar-refractivity contribution >= 4 is 0 Å². The van der Waals surface area contributed by atoms with E-state index in [1.165, 1.54) is 18.4 Å². The SMILES string of the molecule is CN(CCNC1CC1)Cc1cnn(C)c1. The van der Waals surface area contributed by atoms with Crippen molar-refractivity contribution in [1.82, 2.24) is 20.0 Å². The summed E-state index contributed by atoms with van der Waals surface area (Å²) in [6, 6.07) is 0.816. The van der Waals surface area contributed by atoms with Crippen LogP contribution in [0, 0.1) is 0 Å². The van der Waals surface area contributed by atoms with Crippen LogP contribution in [0.2, 0.25) is 0 Å². The van der Waals surface area contributed by atoms with Crippen LogP contribution in [0.1, 0.15) is 18.4 Å². The van der Waals surface area contributed by atoms with Crippen LogP contribution in [0.5, 0.6) is 0 Å². The number of nitrogens with one attached hydrogen (secondary N) is 1. The van der Waals surface area contributed by atoms with Gasteiger partial charge >= 0.3 is 0 Å². The van der Waals surface area contributed by atoms with E-state index >= 15 is 0 Å². The predicted octanol–water partition coefficient (Wildman–Crippen LogP) is 0.604. The van der Waals surface area contributed by atoms with E-state index in [2.05, 4.69) is 28.6 Å². The van der Waals surface area contributed by atoms with Gasteiger partial charge in [0, 0.05) is 44.5 Å². The van der Waals surface area contributed by atoms with Gasteiger partial charge in [-0.05, 0) is 19.9 Å². The van der Waals surface area contributed by atoms with Crippen molar-refractivity contribution in [2.75, 3.05) is 20.1 Å². The van der Waals surface area contributed by atoms with Gasteiger partial charge in [0.1, 0.15) is 0 Å². The first-order valence-electron chi connectivity index (χ1n) is 5.63. The van der Waals surface area contributed by atoms with E-state index in [-0.39, 0.29) is 0 Å². The van der Waals surface area contributed by atoms with Crippen LogP contribution in [-0.2, 0) is 13.6 Å². The molecule has 0 atom stereocenters. The fraction of sp³-hybridized carbons (Fsp3) is 0.727. The summed E-state index contributed by atoms with van der Waals surface area (Å²) in [5, 5.41) is 7.68. The van der Waals surface area contributed by atoms with Gasteiger partial charge in [0.2, 0.25) is 0 Å². The molecule has 0 aliphatic heterocycles. The van der Waals surface area contributed by atoms with E-state index in [0.29, 0.717) is 0 Å². The lowest BCUT2D eigenvalue weighted by molar-refractivity contribution is 0.324. The molecule has 4 nitrogen and oxygen atoms in total. The Morgan fingerprint density at radius 3 is 3.00 bits per heavy atom. The van der Waals surface area contributed by atoms with Crippen LogP contribution >= 0.6 is 0 Å². The van der Waals surface area contributed by atoms with Gasteiger partial charge in [0.25, 0.3) is 0 Å². The third kappa shape index (κ3) is 3.64. The first-order chi connectivity index (χ1) is 7.24. The molecule has 0 spiro atoms. The Kier molecular flexibility index (Phi) is 3.38. The highest BCUT2D eigenvalue weighted by Crippen LogP contribution is 2.17. The predicted molar refractivity (Wildman–Crippen MR) is 60.6 cm³/mol. The summed E-state index contributed by atoms with van der Waals surface area (Å²) >= 11 is 0. The molecule has 0 saturated heterocycles. The highest BCUT2D eigenvalue weighted by Gasteiger charge is 2.19. The molecule has 84 valence electrons. The van der Waals surface area contributed by atoms with E-state index in [1.807, 2.05) is 17.9 Å². The Labute approximate surface area is 91.3 Å². The maximum Gasteiger partial charge on any atom is 0.0534 e. The van der Waals surface area contributed by atoms with Gasteiger partial charge in [-0.15, -0.1) is 0 Å². The molecule has 1 saturated carbocycles. The highest BCUT2D eigenvalue weighted by molar-refractivity contribution is 5.02. The molecule has 15 heavy (non-hydrogen) atoms. The molecular formula is C11H20N4. The number of rotatable bonds is 6. The van der Waals surface area contributed by atoms with Gasteiger partial charge < -0.3 is 10.2 Å². The van der Waals surface area contributed by atoms with Crippen molar-refractivity contribution in [1.29, 1.82) is 0 Å². The molecule has 1 N–H and O–H groups in total. The Bertz CT molecular complexity index is 303. The summed E-state index contributed by atoms with van der Waals surface area (Å²) in [7, 11) is 4.11. The topological polar surface area (TPSA) is 33.1 Å². The second-order valence-corrected chi connectivity index (χ2v) is 4.49. The molecule has 0 unspecified atom stereocenters. The molecular weight excluding hydrogens is 188 g/mol. The third-order valence-corrected chi connectivity index (χ3v) is 2.71. The van der Waals surface area contributed by atoms with Crippen molar-refractivity contribution in [2.24, 2.45) is 7.05 Å². The molecule has 0 bridgehead atoms. The molecule has 1 heterocycles. The van der Waals surface area contributed by atoms with Crippen LogP contribution in [0.15, 0.2) is 12.4 Å². The Balaban J connectivity index is 1.64. The van der Waals surface area contributed by atoms with E-state index in [9.17, 15) is 0 Å². The highest BCUT2D eigenvalue weighted by atomic mass is 15.2. The molecule has 0 aromatic carbocycles. The van der Waals surface area contributed by atoms with Gasteiger partial charge in [-0.25, -0.2) is 0 Å². The fourth-order valence-corrected chi connectivity index (χ4v) is 1.69.